The maximum Gasteiger partial charge on any atom is 0.220 e. The van der Waals surface area contributed by atoms with Gasteiger partial charge < -0.3 is 5.32 Å². The molecule has 0 spiro atoms. The third kappa shape index (κ3) is 6.92. The Bertz CT molecular complexity index is 365. The highest BCUT2D eigenvalue weighted by Crippen LogP contribution is 2.20. The molecule has 1 aromatic carbocycles. The Morgan fingerprint density at radius 3 is 2.61 bits per heavy atom. The van der Waals surface area contributed by atoms with Crippen molar-refractivity contribution >= 4 is 29.3 Å². The van der Waals surface area contributed by atoms with Crippen molar-refractivity contribution in [3.8, 4) is 0 Å². The lowest BCUT2D eigenvalue weighted by atomic mass is 10.1. The minimum Gasteiger partial charge on any atom is -0.356 e. The van der Waals surface area contributed by atoms with Crippen LogP contribution in [0.2, 0.25) is 5.02 Å². The van der Waals surface area contributed by atoms with E-state index >= 15 is 0 Å². The van der Waals surface area contributed by atoms with Gasteiger partial charge in [0.1, 0.15) is 0 Å². The van der Waals surface area contributed by atoms with Gasteiger partial charge in [-0.3, -0.25) is 4.79 Å². The summed E-state index contributed by atoms with van der Waals surface area (Å²) in [5.41, 5.74) is 0. The van der Waals surface area contributed by atoms with E-state index in [9.17, 15) is 4.79 Å². The molecule has 0 unspecified atom stereocenters. The van der Waals surface area contributed by atoms with Gasteiger partial charge in [0.15, 0.2) is 0 Å². The van der Waals surface area contributed by atoms with Gasteiger partial charge in [-0.2, -0.15) is 0 Å². The Hall–Kier alpha value is -0.670. The van der Waals surface area contributed by atoms with Crippen LogP contribution in [0.1, 0.15) is 26.7 Å². The fourth-order valence-electron chi connectivity index (χ4n) is 1.38. The van der Waals surface area contributed by atoms with E-state index in [1.54, 1.807) is 11.8 Å². The summed E-state index contributed by atoms with van der Waals surface area (Å²) >= 11 is 7.48. The van der Waals surface area contributed by atoms with E-state index in [4.69, 9.17) is 11.6 Å². The number of benzene rings is 1. The molecule has 1 N–H and O–H groups in total. The van der Waals surface area contributed by atoms with Crippen LogP contribution in [-0.2, 0) is 4.79 Å². The first-order valence-corrected chi connectivity index (χ1v) is 7.59. The smallest absolute Gasteiger partial charge is 0.220 e. The van der Waals surface area contributed by atoms with Crippen molar-refractivity contribution in [3.63, 3.8) is 0 Å². The predicted molar refractivity (Wildman–Crippen MR) is 79.3 cm³/mol. The number of hydrogen-bond acceptors (Lipinski definition) is 2. The molecule has 0 saturated heterocycles. The van der Waals surface area contributed by atoms with Gasteiger partial charge in [0, 0.05) is 28.6 Å². The lowest BCUT2D eigenvalue weighted by Gasteiger charge is -2.07. The first-order chi connectivity index (χ1) is 8.58. The van der Waals surface area contributed by atoms with Crippen LogP contribution in [0.3, 0.4) is 0 Å². The van der Waals surface area contributed by atoms with E-state index in [1.165, 1.54) is 0 Å². The number of hydrogen-bond donors (Lipinski definition) is 1. The molecule has 2 nitrogen and oxygen atoms in total. The Labute approximate surface area is 118 Å². The third-order valence-electron chi connectivity index (χ3n) is 2.46. The summed E-state index contributed by atoms with van der Waals surface area (Å²) in [6.45, 7) is 5.09. The van der Waals surface area contributed by atoms with Gasteiger partial charge in [-0.25, -0.2) is 0 Å². The summed E-state index contributed by atoms with van der Waals surface area (Å²) in [5, 5.41) is 3.68. The molecule has 18 heavy (non-hydrogen) atoms. The molecule has 0 aliphatic rings. The van der Waals surface area contributed by atoms with Gasteiger partial charge in [-0.15, -0.1) is 11.8 Å². The number of thioether (sulfide) groups is 1. The number of nitrogens with one attached hydrogen (secondary N) is 1. The lowest BCUT2D eigenvalue weighted by Crippen LogP contribution is -2.25. The fourth-order valence-corrected chi connectivity index (χ4v) is 2.36. The predicted octanol–water partition coefficient (Wildman–Crippen LogP) is 3.98. The normalized spacial score (nSPS) is 10.7. The average molecular weight is 286 g/mol. The molecule has 0 saturated carbocycles. The molecule has 1 rings (SSSR count). The van der Waals surface area contributed by atoms with E-state index in [0.29, 0.717) is 12.3 Å². The molecule has 0 fully saturated rings. The van der Waals surface area contributed by atoms with Crippen molar-refractivity contribution in [1.82, 2.24) is 5.32 Å². The van der Waals surface area contributed by atoms with E-state index in [0.717, 1.165) is 28.6 Å². The van der Waals surface area contributed by atoms with Crippen molar-refractivity contribution in [2.75, 3.05) is 12.3 Å². The molecule has 0 radical (unpaired) electrons. The molecule has 0 heterocycles. The van der Waals surface area contributed by atoms with Gasteiger partial charge in [0.2, 0.25) is 5.91 Å². The molecule has 4 heteroatoms. The molecule has 1 amide bonds. The number of halogens is 1. The number of rotatable bonds is 7. The van der Waals surface area contributed by atoms with Crippen LogP contribution in [0.4, 0.5) is 0 Å². The number of carbonyl (C=O) groups is 1. The fraction of sp³-hybridized carbons (Fsp3) is 0.500. The zero-order valence-corrected chi connectivity index (χ0v) is 12.5. The summed E-state index contributed by atoms with van der Waals surface area (Å²) < 4.78 is 0. The Morgan fingerprint density at radius 1 is 1.33 bits per heavy atom. The van der Waals surface area contributed by atoms with Crippen molar-refractivity contribution in [2.24, 2.45) is 5.92 Å². The minimum atomic E-state index is 0.136. The lowest BCUT2D eigenvalue weighted by molar-refractivity contribution is -0.120. The standard InChI is InChI=1S/C14H20ClNOS/c1-11(2)7-9-16-14(17)8-10-18-13-5-3-12(15)4-6-13/h3-6,11H,7-10H2,1-2H3,(H,16,17). The van der Waals surface area contributed by atoms with Crippen molar-refractivity contribution in [2.45, 2.75) is 31.6 Å². The maximum absolute atomic E-state index is 11.5. The monoisotopic (exact) mass is 285 g/mol. The highest BCUT2D eigenvalue weighted by atomic mass is 35.5. The molecule has 0 atom stereocenters. The highest BCUT2D eigenvalue weighted by molar-refractivity contribution is 7.99. The first kappa shape index (κ1) is 15.4. The van der Waals surface area contributed by atoms with Crippen LogP contribution >= 0.6 is 23.4 Å². The Kier molecular flexibility index (Phi) is 7.21. The van der Waals surface area contributed by atoms with Crippen LogP contribution in [0.15, 0.2) is 29.2 Å². The number of carbonyl (C=O) groups excluding carboxylic acids is 1. The maximum atomic E-state index is 11.5. The van der Waals surface area contributed by atoms with Crippen molar-refractivity contribution in [1.29, 1.82) is 0 Å². The molecule has 1 aromatic rings. The molecule has 100 valence electrons. The van der Waals surface area contributed by atoms with Gasteiger partial charge in [-0.05, 0) is 36.6 Å². The van der Waals surface area contributed by atoms with Crippen LogP contribution < -0.4 is 5.32 Å². The second-order valence-corrected chi connectivity index (χ2v) is 6.19. The van der Waals surface area contributed by atoms with Gasteiger partial charge >= 0.3 is 0 Å². The van der Waals surface area contributed by atoms with Crippen LogP contribution in [0.25, 0.3) is 0 Å². The van der Waals surface area contributed by atoms with E-state index < -0.39 is 0 Å². The summed E-state index contributed by atoms with van der Waals surface area (Å²) in [4.78, 5) is 12.7. The van der Waals surface area contributed by atoms with Crippen molar-refractivity contribution < 1.29 is 4.79 Å². The second kappa shape index (κ2) is 8.44. The van der Waals surface area contributed by atoms with Gasteiger partial charge in [0.25, 0.3) is 0 Å². The molecular weight excluding hydrogens is 266 g/mol. The van der Waals surface area contributed by atoms with E-state index in [1.807, 2.05) is 24.3 Å². The first-order valence-electron chi connectivity index (χ1n) is 6.23. The third-order valence-corrected chi connectivity index (χ3v) is 3.72. The van der Waals surface area contributed by atoms with Gasteiger partial charge in [-0.1, -0.05) is 25.4 Å². The van der Waals surface area contributed by atoms with Crippen LogP contribution in [0, 0.1) is 5.92 Å². The van der Waals surface area contributed by atoms with E-state index in [2.05, 4.69) is 19.2 Å². The molecule has 0 bridgehead atoms. The second-order valence-electron chi connectivity index (χ2n) is 4.58. The SMILES string of the molecule is CC(C)CCNC(=O)CCSc1ccc(Cl)cc1. The zero-order valence-electron chi connectivity index (χ0n) is 10.9. The molecule has 0 aromatic heterocycles. The van der Waals surface area contributed by atoms with Crippen LogP contribution in [-0.4, -0.2) is 18.2 Å². The summed E-state index contributed by atoms with van der Waals surface area (Å²) in [6, 6.07) is 7.69. The molecule has 0 aliphatic carbocycles. The van der Waals surface area contributed by atoms with Gasteiger partial charge in [0.05, 0.1) is 0 Å². The Balaban J connectivity index is 2.13. The Morgan fingerprint density at radius 2 is 2.00 bits per heavy atom. The van der Waals surface area contributed by atoms with E-state index in [-0.39, 0.29) is 5.91 Å². The van der Waals surface area contributed by atoms with Crippen molar-refractivity contribution in [3.05, 3.63) is 29.3 Å². The van der Waals surface area contributed by atoms with Crippen LogP contribution in [0.5, 0.6) is 0 Å². The number of amides is 1. The summed E-state index contributed by atoms with van der Waals surface area (Å²) in [7, 11) is 0. The zero-order chi connectivity index (χ0) is 13.4. The molecular formula is C14H20ClNOS. The minimum absolute atomic E-state index is 0.136. The average Bonchev–Trinajstić information content (AvgIpc) is 2.31. The summed E-state index contributed by atoms with van der Waals surface area (Å²) in [5.74, 6) is 1.57. The molecule has 0 aliphatic heterocycles. The quantitative estimate of drug-likeness (QED) is 0.768. The largest absolute Gasteiger partial charge is 0.356 e. The topological polar surface area (TPSA) is 29.1 Å². The highest BCUT2D eigenvalue weighted by Gasteiger charge is 2.02. The summed E-state index contributed by atoms with van der Waals surface area (Å²) in [6.07, 6.45) is 1.60.